The van der Waals surface area contributed by atoms with Gasteiger partial charge in [0.1, 0.15) is 0 Å². The average Bonchev–Trinajstić information content (AvgIpc) is 2.56. The lowest BCUT2D eigenvalue weighted by atomic mass is 9.69. The predicted molar refractivity (Wildman–Crippen MR) is 102 cm³/mol. The molecule has 140 valence electrons. The van der Waals surface area contributed by atoms with E-state index >= 15 is 0 Å². The van der Waals surface area contributed by atoms with Gasteiger partial charge in [-0.3, -0.25) is 0 Å². The van der Waals surface area contributed by atoms with Crippen molar-refractivity contribution in [3.63, 3.8) is 0 Å². The fourth-order valence-corrected chi connectivity index (χ4v) is 5.25. The third kappa shape index (κ3) is 5.74. The second-order valence-corrected chi connectivity index (χ2v) is 9.02. The van der Waals surface area contributed by atoms with E-state index in [0.29, 0.717) is 6.10 Å². The quantitative estimate of drug-likeness (QED) is 0.635. The molecule has 2 heteroatoms. The first kappa shape index (κ1) is 19.2. The number of hydrogen-bond acceptors (Lipinski definition) is 1. The molecule has 0 aliphatic heterocycles. The Labute approximate surface area is 147 Å². The van der Waals surface area contributed by atoms with E-state index in [9.17, 15) is 0 Å². The van der Waals surface area contributed by atoms with Crippen LogP contribution in [0.25, 0.3) is 0 Å². The molecule has 3 saturated carbocycles. The van der Waals surface area contributed by atoms with Crippen LogP contribution in [0.4, 0.5) is 0 Å². The van der Waals surface area contributed by atoms with Crippen LogP contribution in [0, 0.1) is 29.6 Å². The second kappa shape index (κ2) is 9.42. The maximum atomic E-state index is 6.27. The molecule has 0 aromatic heterocycles. The predicted octanol–water partition coefficient (Wildman–Crippen LogP) is 5.88. The lowest BCUT2D eigenvalue weighted by Crippen LogP contribution is -2.28. The molecule has 0 aromatic rings. The normalized spacial score (nSPS) is 42.0. The lowest BCUT2D eigenvalue weighted by Gasteiger charge is -2.37. The fourth-order valence-electron chi connectivity index (χ4n) is 5.25. The van der Waals surface area contributed by atoms with Crippen molar-refractivity contribution >= 4 is 0 Å². The number of rotatable bonds is 4. The van der Waals surface area contributed by atoms with E-state index in [1.165, 1.54) is 77.0 Å². The van der Waals surface area contributed by atoms with Crippen LogP contribution in [-0.2, 0) is 4.74 Å². The topological polar surface area (TPSA) is 40.7 Å². The summed E-state index contributed by atoms with van der Waals surface area (Å²) in [5.41, 5.74) is 0. The summed E-state index contributed by atoms with van der Waals surface area (Å²) >= 11 is 0. The Morgan fingerprint density at radius 1 is 0.652 bits per heavy atom. The highest BCUT2D eigenvalue weighted by Gasteiger charge is 2.30. The summed E-state index contributed by atoms with van der Waals surface area (Å²) in [6.07, 6.45) is 17.9. The van der Waals surface area contributed by atoms with Gasteiger partial charge in [0.2, 0.25) is 0 Å². The molecule has 0 saturated heterocycles. The van der Waals surface area contributed by atoms with Gasteiger partial charge >= 0.3 is 0 Å². The van der Waals surface area contributed by atoms with E-state index in [-0.39, 0.29) is 8.33 Å². The molecule has 3 aliphatic rings. The van der Waals surface area contributed by atoms with Crippen LogP contribution in [0.3, 0.4) is 0 Å². The molecule has 0 atom stereocenters. The van der Waals surface area contributed by atoms with Gasteiger partial charge in [-0.05, 0) is 93.8 Å². The summed E-state index contributed by atoms with van der Waals surface area (Å²) in [5.74, 6) is 4.93. The van der Waals surface area contributed by atoms with E-state index in [1.54, 1.807) is 0 Å². The highest BCUT2D eigenvalue weighted by Crippen LogP contribution is 2.41. The van der Waals surface area contributed by atoms with Gasteiger partial charge in [-0.1, -0.05) is 26.7 Å². The van der Waals surface area contributed by atoms with E-state index < -0.39 is 0 Å². The molecule has 0 spiro atoms. The maximum Gasteiger partial charge on any atom is 0.0575 e. The van der Waals surface area contributed by atoms with Crippen LogP contribution in [0.1, 0.15) is 93.8 Å². The minimum Gasteiger partial charge on any atom is -0.412 e. The molecular formula is C21H44O2. The Morgan fingerprint density at radius 3 is 1.61 bits per heavy atom. The third-order valence-electron chi connectivity index (χ3n) is 7.15. The first-order valence-electron chi connectivity index (χ1n) is 10.3. The van der Waals surface area contributed by atoms with Crippen LogP contribution in [0.15, 0.2) is 0 Å². The van der Waals surface area contributed by atoms with Crippen molar-refractivity contribution < 1.29 is 13.1 Å². The molecule has 3 fully saturated rings. The van der Waals surface area contributed by atoms with Crippen molar-refractivity contribution in [2.24, 2.45) is 29.6 Å². The summed E-state index contributed by atoms with van der Waals surface area (Å²) in [4.78, 5) is 0. The number of ether oxygens (including phenoxy) is 1. The molecule has 0 unspecified atom stereocenters. The van der Waals surface area contributed by atoms with Crippen LogP contribution < -0.4 is 0 Å². The van der Waals surface area contributed by atoms with E-state index in [1.807, 2.05) is 0 Å². The van der Waals surface area contributed by atoms with Gasteiger partial charge in [0.15, 0.2) is 0 Å². The fraction of sp³-hybridized carbons (Fsp3) is 1.00. The SMILES string of the molecule is CC1CCC(OCC2CCC(C3CCC(C)CC3)CC2)CC1.O.[HH].[HH]. The zero-order valence-electron chi connectivity index (χ0n) is 15.6. The maximum absolute atomic E-state index is 6.27. The molecule has 0 bridgehead atoms. The van der Waals surface area contributed by atoms with Gasteiger partial charge in [-0.2, -0.15) is 0 Å². The summed E-state index contributed by atoms with van der Waals surface area (Å²) in [7, 11) is 0. The smallest absolute Gasteiger partial charge is 0.0575 e. The first-order valence-corrected chi connectivity index (χ1v) is 10.3. The van der Waals surface area contributed by atoms with Gasteiger partial charge in [0.25, 0.3) is 0 Å². The van der Waals surface area contributed by atoms with Crippen LogP contribution in [-0.4, -0.2) is 18.2 Å². The number of hydrogen-bond donors (Lipinski definition) is 0. The van der Waals surface area contributed by atoms with Gasteiger partial charge in [-0.25, -0.2) is 0 Å². The van der Waals surface area contributed by atoms with Crippen LogP contribution in [0.2, 0.25) is 0 Å². The summed E-state index contributed by atoms with van der Waals surface area (Å²) in [5, 5.41) is 0. The molecule has 2 N–H and O–H groups in total. The van der Waals surface area contributed by atoms with Crippen molar-refractivity contribution in [3.8, 4) is 0 Å². The third-order valence-corrected chi connectivity index (χ3v) is 7.15. The highest BCUT2D eigenvalue weighted by molar-refractivity contribution is 4.81. The molecule has 2 nitrogen and oxygen atoms in total. The monoisotopic (exact) mass is 328 g/mol. The molecule has 0 aromatic carbocycles. The first-order chi connectivity index (χ1) is 10.7. The Morgan fingerprint density at radius 2 is 1.09 bits per heavy atom. The molecule has 0 amide bonds. The minimum absolute atomic E-state index is 0. The Balaban J connectivity index is 0.00000192. The Hall–Kier alpha value is -0.0800. The van der Waals surface area contributed by atoms with Gasteiger partial charge in [0, 0.05) is 9.46 Å². The van der Waals surface area contributed by atoms with E-state index in [4.69, 9.17) is 4.74 Å². The summed E-state index contributed by atoms with van der Waals surface area (Å²) in [6, 6.07) is 0. The Bertz CT molecular complexity index is 316. The van der Waals surface area contributed by atoms with Crippen LogP contribution >= 0.6 is 0 Å². The zero-order chi connectivity index (χ0) is 15.4. The van der Waals surface area contributed by atoms with E-state index in [2.05, 4.69) is 13.8 Å². The largest absolute Gasteiger partial charge is 0.412 e. The Kier molecular flexibility index (Phi) is 7.88. The van der Waals surface area contributed by atoms with E-state index in [0.717, 1.165) is 36.2 Å². The molecule has 0 heterocycles. The zero-order valence-corrected chi connectivity index (χ0v) is 15.6. The average molecular weight is 329 g/mol. The molecule has 3 aliphatic carbocycles. The van der Waals surface area contributed by atoms with Gasteiger partial charge in [-0.15, -0.1) is 0 Å². The van der Waals surface area contributed by atoms with Crippen molar-refractivity contribution in [2.75, 3.05) is 6.61 Å². The summed E-state index contributed by atoms with van der Waals surface area (Å²) < 4.78 is 6.27. The lowest BCUT2D eigenvalue weighted by molar-refractivity contribution is -0.0110. The minimum atomic E-state index is 0. The highest BCUT2D eigenvalue weighted by atomic mass is 16.5. The summed E-state index contributed by atoms with van der Waals surface area (Å²) in [6.45, 7) is 5.90. The van der Waals surface area contributed by atoms with Crippen molar-refractivity contribution in [1.29, 1.82) is 0 Å². The van der Waals surface area contributed by atoms with Crippen molar-refractivity contribution in [1.82, 2.24) is 0 Å². The molecule has 23 heavy (non-hydrogen) atoms. The van der Waals surface area contributed by atoms with Crippen LogP contribution in [0.5, 0.6) is 0 Å². The second-order valence-electron chi connectivity index (χ2n) is 9.02. The molecule has 3 rings (SSSR count). The van der Waals surface area contributed by atoms with Gasteiger partial charge < -0.3 is 10.2 Å². The van der Waals surface area contributed by atoms with Crippen molar-refractivity contribution in [3.05, 3.63) is 0 Å². The standard InChI is InChI=1S/C21H38O.H2O.2H2/c1-16-3-9-19(10-4-16)20-11-7-18(8-12-20)15-22-21-13-5-17(2)6-14-21;;;/h16-21H,3-15H2,1-2H3;1H2;2*1H. The molecule has 0 radical (unpaired) electrons. The van der Waals surface area contributed by atoms with Gasteiger partial charge in [0.05, 0.1) is 6.10 Å². The molecular weight excluding hydrogens is 284 g/mol. The van der Waals surface area contributed by atoms with Crippen molar-refractivity contribution in [2.45, 2.75) is 97.0 Å².